The molecule has 0 aromatic heterocycles. The van der Waals surface area contributed by atoms with Crippen LogP contribution in [0.5, 0.6) is 0 Å². The van der Waals surface area contributed by atoms with Crippen LogP contribution in [0.15, 0.2) is 30.5 Å². The first-order chi connectivity index (χ1) is 8.67. The van der Waals surface area contributed by atoms with Gasteiger partial charge in [-0.05, 0) is 11.1 Å². The molecule has 1 amide bonds. The second-order valence-corrected chi connectivity index (χ2v) is 4.13. The van der Waals surface area contributed by atoms with Crippen molar-refractivity contribution in [2.24, 2.45) is 5.73 Å². The van der Waals surface area contributed by atoms with Crippen LogP contribution in [0, 0.1) is 0 Å². The zero-order valence-electron chi connectivity index (χ0n) is 10.0. The van der Waals surface area contributed by atoms with E-state index in [1.165, 1.54) is 7.11 Å². The van der Waals surface area contributed by atoms with Crippen molar-refractivity contribution in [1.82, 2.24) is 5.32 Å². The Bertz CT molecular complexity index is 470. The quantitative estimate of drug-likeness (QED) is 0.823. The summed E-state index contributed by atoms with van der Waals surface area (Å²) in [5, 5.41) is 2.54. The standard InChI is InChI=1S/C13H15FN2O2/c1-18-12(11(15)6-14)9-4-2-8(3-5-9)10-7-16-13(10)17/h2-5,7,11-12H,6,15H2,1H3,(H,16,17). The number of halogens is 1. The molecule has 1 aromatic rings. The van der Waals surface area contributed by atoms with E-state index in [1.54, 1.807) is 30.5 Å². The number of hydrogen-bond acceptors (Lipinski definition) is 3. The van der Waals surface area contributed by atoms with E-state index in [9.17, 15) is 9.18 Å². The van der Waals surface area contributed by atoms with Gasteiger partial charge in [0, 0.05) is 13.3 Å². The number of nitrogens with two attached hydrogens (primary N) is 1. The number of amides is 1. The van der Waals surface area contributed by atoms with Gasteiger partial charge in [-0.2, -0.15) is 0 Å². The molecule has 1 heterocycles. The van der Waals surface area contributed by atoms with E-state index in [1.807, 2.05) is 0 Å². The number of rotatable bonds is 5. The average molecular weight is 250 g/mol. The third-order valence-electron chi connectivity index (χ3n) is 2.96. The molecule has 4 nitrogen and oxygen atoms in total. The van der Waals surface area contributed by atoms with Gasteiger partial charge in [0.1, 0.15) is 6.67 Å². The van der Waals surface area contributed by atoms with Gasteiger partial charge in [0.2, 0.25) is 0 Å². The van der Waals surface area contributed by atoms with Crippen molar-refractivity contribution in [3.8, 4) is 0 Å². The lowest BCUT2D eigenvalue weighted by atomic mass is 9.97. The van der Waals surface area contributed by atoms with Gasteiger partial charge in [0.05, 0.1) is 17.7 Å². The van der Waals surface area contributed by atoms with Crippen molar-refractivity contribution in [2.45, 2.75) is 12.1 Å². The predicted octanol–water partition coefficient (Wildman–Crippen LogP) is 1.14. The van der Waals surface area contributed by atoms with Gasteiger partial charge in [-0.15, -0.1) is 0 Å². The first-order valence-electron chi connectivity index (χ1n) is 5.63. The molecule has 2 atom stereocenters. The van der Waals surface area contributed by atoms with Crippen LogP contribution in [0.3, 0.4) is 0 Å². The number of alkyl halides is 1. The van der Waals surface area contributed by atoms with E-state index in [-0.39, 0.29) is 5.91 Å². The number of methoxy groups -OCH3 is 1. The summed E-state index contributed by atoms with van der Waals surface area (Å²) in [5.74, 6) is -0.0912. The molecular formula is C13H15FN2O2. The Labute approximate surface area is 105 Å². The molecule has 96 valence electrons. The number of carbonyl (C=O) groups is 1. The number of benzene rings is 1. The minimum absolute atomic E-state index is 0.0912. The van der Waals surface area contributed by atoms with Gasteiger partial charge >= 0.3 is 0 Å². The lowest BCUT2D eigenvalue weighted by Crippen LogP contribution is -2.31. The van der Waals surface area contributed by atoms with Crippen LogP contribution in [-0.2, 0) is 9.53 Å². The summed E-state index contributed by atoms with van der Waals surface area (Å²) in [6, 6.07) is 6.51. The van der Waals surface area contributed by atoms with Gasteiger partial charge in [0.25, 0.3) is 5.91 Å². The molecule has 1 aromatic carbocycles. The summed E-state index contributed by atoms with van der Waals surface area (Å²) < 4.78 is 17.8. The van der Waals surface area contributed by atoms with Crippen LogP contribution in [-0.4, -0.2) is 25.7 Å². The van der Waals surface area contributed by atoms with Crippen LogP contribution in [0.25, 0.3) is 5.57 Å². The predicted molar refractivity (Wildman–Crippen MR) is 66.3 cm³/mol. The maximum absolute atomic E-state index is 12.6. The molecule has 0 spiro atoms. The maximum atomic E-state index is 12.6. The van der Waals surface area contributed by atoms with Gasteiger partial charge in [-0.25, -0.2) is 4.39 Å². The van der Waals surface area contributed by atoms with Crippen molar-refractivity contribution in [2.75, 3.05) is 13.8 Å². The molecule has 2 rings (SSSR count). The summed E-state index contributed by atoms with van der Waals surface area (Å²) in [6.45, 7) is -0.645. The Morgan fingerprint density at radius 3 is 2.44 bits per heavy atom. The summed E-state index contributed by atoms with van der Waals surface area (Å²) >= 11 is 0. The molecule has 2 unspecified atom stereocenters. The van der Waals surface area contributed by atoms with Gasteiger partial charge < -0.3 is 15.8 Å². The van der Waals surface area contributed by atoms with Gasteiger partial charge in [-0.3, -0.25) is 4.79 Å². The minimum atomic E-state index is -0.688. The SMILES string of the molecule is COC(c1ccc(C2=CNC2=O)cc1)C(N)CF. The molecule has 0 fully saturated rings. The van der Waals surface area contributed by atoms with Gasteiger partial charge in [0.15, 0.2) is 0 Å². The Morgan fingerprint density at radius 2 is 2.06 bits per heavy atom. The lowest BCUT2D eigenvalue weighted by molar-refractivity contribution is -0.116. The topological polar surface area (TPSA) is 64.3 Å². The molecule has 18 heavy (non-hydrogen) atoms. The van der Waals surface area contributed by atoms with Crippen molar-refractivity contribution >= 4 is 11.5 Å². The first kappa shape index (κ1) is 12.7. The van der Waals surface area contributed by atoms with Crippen LogP contribution in [0.4, 0.5) is 4.39 Å². The summed E-state index contributed by atoms with van der Waals surface area (Å²) in [7, 11) is 1.50. The molecule has 0 radical (unpaired) electrons. The van der Waals surface area contributed by atoms with Gasteiger partial charge in [-0.1, -0.05) is 24.3 Å². The largest absolute Gasteiger partial charge is 0.375 e. The maximum Gasteiger partial charge on any atom is 0.257 e. The molecule has 1 aliphatic heterocycles. The Kier molecular flexibility index (Phi) is 3.74. The highest BCUT2D eigenvalue weighted by Crippen LogP contribution is 2.24. The minimum Gasteiger partial charge on any atom is -0.375 e. The third kappa shape index (κ3) is 2.27. The molecule has 0 bridgehead atoms. The Balaban J connectivity index is 2.18. The fourth-order valence-corrected chi connectivity index (χ4v) is 1.91. The van der Waals surface area contributed by atoms with Crippen LogP contribution in [0.2, 0.25) is 0 Å². The molecule has 0 saturated heterocycles. The molecule has 0 aliphatic carbocycles. The monoisotopic (exact) mass is 250 g/mol. The molecule has 3 N–H and O–H groups in total. The van der Waals surface area contributed by atoms with Crippen molar-refractivity contribution in [3.05, 3.63) is 41.6 Å². The highest BCUT2D eigenvalue weighted by Gasteiger charge is 2.21. The van der Waals surface area contributed by atoms with E-state index in [0.717, 1.165) is 11.1 Å². The normalized spacial score (nSPS) is 17.5. The summed E-state index contributed by atoms with van der Waals surface area (Å²) in [5.41, 5.74) is 7.91. The number of ether oxygens (including phenoxy) is 1. The number of carbonyl (C=O) groups excluding carboxylic acids is 1. The summed E-state index contributed by atoms with van der Waals surface area (Å²) in [4.78, 5) is 11.2. The number of hydrogen-bond donors (Lipinski definition) is 2. The van der Waals surface area contributed by atoms with Crippen LogP contribution in [0.1, 0.15) is 17.2 Å². The fourth-order valence-electron chi connectivity index (χ4n) is 1.91. The molecule has 5 heteroatoms. The first-order valence-corrected chi connectivity index (χ1v) is 5.63. The zero-order valence-corrected chi connectivity index (χ0v) is 10.0. The summed E-state index contributed by atoms with van der Waals surface area (Å²) in [6.07, 6.45) is 1.17. The van der Waals surface area contributed by atoms with E-state index in [0.29, 0.717) is 5.57 Å². The van der Waals surface area contributed by atoms with Crippen molar-refractivity contribution in [3.63, 3.8) is 0 Å². The third-order valence-corrected chi connectivity index (χ3v) is 2.96. The van der Waals surface area contributed by atoms with E-state index in [2.05, 4.69) is 5.32 Å². The number of nitrogens with one attached hydrogen (secondary N) is 1. The highest BCUT2D eigenvalue weighted by molar-refractivity contribution is 6.25. The van der Waals surface area contributed by atoms with Crippen molar-refractivity contribution < 1.29 is 13.9 Å². The van der Waals surface area contributed by atoms with Crippen LogP contribution >= 0.6 is 0 Å². The smallest absolute Gasteiger partial charge is 0.257 e. The zero-order chi connectivity index (χ0) is 13.1. The Hall–Kier alpha value is -1.72. The molecule has 1 aliphatic rings. The van der Waals surface area contributed by atoms with Crippen LogP contribution < -0.4 is 11.1 Å². The Morgan fingerprint density at radius 1 is 1.39 bits per heavy atom. The van der Waals surface area contributed by atoms with Crippen molar-refractivity contribution in [1.29, 1.82) is 0 Å². The average Bonchev–Trinajstić information content (AvgIpc) is 2.39. The molecular weight excluding hydrogens is 235 g/mol. The van der Waals surface area contributed by atoms with E-state index >= 15 is 0 Å². The van der Waals surface area contributed by atoms with E-state index in [4.69, 9.17) is 10.5 Å². The lowest BCUT2D eigenvalue weighted by Gasteiger charge is -2.21. The second-order valence-electron chi connectivity index (χ2n) is 4.13. The fraction of sp³-hybridized carbons (Fsp3) is 0.308. The molecule has 0 saturated carbocycles. The van der Waals surface area contributed by atoms with E-state index < -0.39 is 18.8 Å². The second kappa shape index (κ2) is 5.29. The highest BCUT2D eigenvalue weighted by atomic mass is 19.1.